The van der Waals surface area contributed by atoms with Crippen LogP contribution in [0.1, 0.15) is 31.9 Å². The summed E-state index contributed by atoms with van der Waals surface area (Å²) in [6.07, 6.45) is 1.16. The highest BCUT2D eigenvalue weighted by Gasteiger charge is 2.44. The number of benzene rings is 1. The molecule has 0 saturated carbocycles. The second-order valence-electron chi connectivity index (χ2n) is 6.42. The third-order valence-corrected chi connectivity index (χ3v) is 3.47. The predicted octanol–water partition coefficient (Wildman–Crippen LogP) is 2.24. The van der Waals surface area contributed by atoms with Crippen molar-refractivity contribution in [1.82, 2.24) is 5.32 Å². The molecule has 0 atom stereocenters. The Morgan fingerprint density at radius 2 is 1.78 bits per heavy atom. The summed E-state index contributed by atoms with van der Waals surface area (Å²) in [4.78, 5) is 11.6. The van der Waals surface area contributed by atoms with E-state index in [-0.39, 0.29) is 5.41 Å². The van der Waals surface area contributed by atoms with Crippen LogP contribution in [0.25, 0.3) is 0 Å². The normalized spacial score (nSPS) is 17.5. The largest absolute Gasteiger partial charge is 0.480 e. The van der Waals surface area contributed by atoms with Gasteiger partial charge in [0.2, 0.25) is 0 Å². The fourth-order valence-corrected chi connectivity index (χ4v) is 2.40. The van der Waals surface area contributed by atoms with Gasteiger partial charge in [-0.15, -0.1) is 0 Å². The highest BCUT2D eigenvalue weighted by atomic mass is 16.4. The number of hydrogen-bond acceptors (Lipinski definition) is 2. The first-order valence-corrected chi connectivity index (χ1v) is 6.38. The Kier molecular flexibility index (Phi) is 3.20. The van der Waals surface area contributed by atoms with Gasteiger partial charge >= 0.3 is 5.97 Å². The minimum atomic E-state index is -0.822. The van der Waals surface area contributed by atoms with E-state index in [4.69, 9.17) is 0 Å². The first-order chi connectivity index (χ1) is 8.32. The fraction of sp³-hybridized carbons (Fsp3) is 0.533. The number of aliphatic carboxylic acids is 1. The van der Waals surface area contributed by atoms with Crippen LogP contribution in [0.4, 0.5) is 0 Å². The van der Waals surface area contributed by atoms with E-state index in [1.807, 2.05) is 24.3 Å². The van der Waals surface area contributed by atoms with Crippen LogP contribution in [-0.4, -0.2) is 23.2 Å². The SMILES string of the molecule is CC(C)(C)CNC1(C(=O)O)Cc2ccccc2C1. The number of carboxylic acids is 1. The summed E-state index contributed by atoms with van der Waals surface area (Å²) in [6.45, 7) is 7.03. The van der Waals surface area contributed by atoms with E-state index >= 15 is 0 Å². The Hall–Kier alpha value is -1.35. The smallest absolute Gasteiger partial charge is 0.324 e. The summed E-state index contributed by atoms with van der Waals surface area (Å²) in [5.41, 5.74) is 1.57. The van der Waals surface area contributed by atoms with Crippen LogP contribution in [0, 0.1) is 5.41 Å². The van der Waals surface area contributed by atoms with Crippen LogP contribution in [0.3, 0.4) is 0 Å². The molecule has 1 aliphatic carbocycles. The average Bonchev–Trinajstić information content (AvgIpc) is 2.65. The third-order valence-electron chi connectivity index (χ3n) is 3.47. The van der Waals surface area contributed by atoms with Gasteiger partial charge in [-0.05, 0) is 16.5 Å². The van der Waals surface area contributed by atoms with Gasteiger partial charge in [0.05, 0.1) is 0 Å². The maximum Gasteiger partial charge on any atom is 0.324 e. The van der Waals surface area contributed by atoms with E-state index in [2.05, 4.69) is 26.1 Å². The van der Waals surface area contributed by atoms with E-state index in [9.17, 15) is 9.90 Å². The zero-order valence-electron chi connectivity index (χ0n) is 11.3. The number of nitrogens with one attached hydrogen (secondary N) is 1. The van der Waals surface area contributed by atoms with E-state index in [0.717, 1.165) is 11.1 Å². The summed E-state index contributed by atoms with van der Waals surface area (Å²) in [7, 11) is 0. The lowest BCUT2D eigenvalue weighted by Crippen LogP contribution is -2.55. The van der Waals surface area contributed by atoms with Crippen LogP contribution in [0.5, 0.6) is 0 Å². The van der Waals surface area contributed by atoms with Crippen molar-refractivity contribution in [2.24, 2.45) is 5.41 Å². The van der Waals surface area contributed by atoms with Gasteiger partial charge in [-0.3, -0.25) is 4.79 Å². The molecule has 2 N–H and O–H groups in total. The van der Waals surface area contributed by atoms with Gasteiger partial charge in [-0.2, -0.15) is 0 Å². The summed E-state index contributed by atoms with van der Waals surface area (Å²) in [5, 5.41) is 12.9. The molecule has 0 fully saturated rings. The van der Waals surface area contributed by atoms with Crippen molar-refractivity contribution in [3.05, 3.63) is 35.4 Å². The highest BCUT2D eigenvalue weighted by molar-refractivity contribution is 5.81. The lowest BCUT2D eigenvalue weighted by atomic mass is 9.91. The molecule has 3 heteroatoms. The van der Waals surface area contributed by atoms with Gasteiger partial charge in [-0.25, -0.2) is 0 Å². The first kappa shape index (κ1) is 13.1. The molecule has 18 heavy (non-hydrogen) atoms. The van der Waals surface area contributed by atoms with Crippen molar-refractivity contribution < 1.29 is 9.90 Å². The Morgan fingerprint density at radius 1 is 1.28 bits per heavy atom. The first-order valence-electron chi connectivity index (χ1n) is 6.38. The number of carbonyl (C=O) groups is 1. The van der Waals surface area contributed by atoms with Crippen LogP contribution in [0.15, 0.2) is 24.3 Å². The van der Waals surface area contributed by atoms with Crippen LogP contribution in [-0.2, 0) is 17.6 Å². The summed E-state index contributed by atoms with van der Waals surface area (Å²) in [6, 6.07) is 8.00. The molecular weight excluding hydrogens is 226 g/mol. The quantitative estimate of drug-likeness (QED) is 0.861. The number of fused-ring (bicyclic) bond motifs is 1. The van der Waals surface area contributed by atoms with Gasteiger partial charge in [0.1, 0.15) is 5.54 Å². The van der Waals surface area contributed by atoms with Crippen LogP contribution < -0.4 is 5.32 Å². The van der Waals surface area contributed by atoms with Crippen molar-refractivity contribution in [3.8, 4) is 0 Å². The van der Waals surface area contributed by atoms with Crippen LogP contribution in [0.2, 0.25) is 0 Å². The Labute approximate surface area is 108 Å². The lowest BCUT2D eigenvalue weighted by molar-refractivity contribution is -0.144. The van der Waals surface area contributed by atoms with Gasteiger partial charge in [0, 0.05) is 19.4 Å². The zero-order valence-corrected chi connectivity index (χ0v) is 11.3. The maximum absolute atomic E-state index is 11.6. The number of carboxylic acid groups (broad SMARTS) is 1. The van der Waals surface area contributed by atoms with Crippen molar-refractivity contribution in [2.75, 3.05) is 6.54 Å². The van der Waals surface area contributed by atoms with Crippen molar-refractivity contribution in [1.29, 1.82) is 0 Å². The van der Waals surface area contributed by atoms with Gasteiger partial charge < -0.3 is 10.4 Å². The van der Waals surface area contributed by atoms with Gasteiger partial charge in [-0.1, -0.05) is 45.0 Å². The molecule has 98 valence electrons. The van der Waals surface area contributed by atoms with E-state index in [1.165, 1.54) is 0 Å². The van der Waals surface area contributed by atoms with Crippen molar-refractivity contribution in [2.45, 2.75) is 39.2 Å². The van der Waals surface area contributed by atoms with Gasteiger partial charge in [0.15, 0.2) is 0 Å². The molecule has 1 aromatic carbocycles. The monoisotopic (exact) mass is 247 g/mol. The minimum Gasteiger partial charge on any atom is -0.480 e. The Morgan fingerprint density at radius 3 is 2.17 bits per heavy atom. The summed E-state index contributed by atoms with van der Waals surface area (Å²) >= 11 is 0. The third kappa shape index (κ3) is 2.56. The van der Waals surface area contributed by atoms with Crippen molar-refractivity contribution in [3.63, 3.8) is 0 Å². The van der Waals surface area contributed by atoms with Gasteiger partial charge in [0.25, 0.3) is 0 Å². The predicted molar refractivity (Wildman–Crippen MR) is 71.7 cm³/mol. The molecule has 1 aliphatic rings. The molecular formula is C15H21NO2. The molecule has 0 amide bonds. The Balaban J connectivity index is 2.20. The molecule has 0 bridgehead atoms. The molecule has 0 heterocycles. The molecule has 0 spiro atoms. The Bertz CT molecular complexity index is 435. The topological polar surface area (TPSA) is 49.3 Å². The maximum atomic E-state index is 11.6. The van der Waals surface area contributed by atoms with Crippen molar-refractivity contribution >= 4 is 5.97 Å². The number of hydrogen-bond donors (Lipinski definition) is 2. The molecule has 0 aromatic heterocycles. The molecule has 0 aliphatic heterocycles. The lowest BCUT2D eigenvalue weighted by Gasteiger charge is -2.30. The molecule has 3 nitrogen and oxygen atoms in total. The average molecular weight is 247 g/mol. The molecule has 2 rings (SSSR count). The summed E-state index contributed by atoms with van der Waals surface area (Å²) < 4.78 is 0. The molecule has 0 radical (unpaired) electrons. The standard InChI is InChI=1S/C15H21NO2/c1-14(2,3)10-16-15(13(17)18)8-11-6-4-5-7-12(11)9-15/h4-7,16H,8-10H2,1-3H3,(H,17,18). The zero-order chi connectivity index (χ0) is 13.4. The molecule has 0 saturated heterocycles. The molecule has 1 aromatic rings. The highest BCUT2D eigenvalue weighted by Crippen LogP contribution is 2.31. The fourth-order valence-electron chi connectivity index (χ4n) is 2.40. The number of rotatable bonds is 3. The molecule has 0 unspecified atom stereocenters. The van der Waals surface area contributed by atoms with E-state index in [1.54, 1.807) is 0 Å². The second kappa shape index (κ2) is 4.39. The van der Waals surface area contributed by atoms with E-state index < -0.39 is 11.5 Å². The summed E-state index contributed by atoms with van der Waals surface area (Å²) in [5.74, 6) is -0.747. The second-order valence-corrected chi connectivity index (χ2v) is 6.42. The van der Waals surface area contributed by atoms with Crippen LogP contribution >= 0.6 is 0 Å². The van der Waals surface area contributed by atoms with E-state index in [0.29, 0.717) is 19.4 Å². The minimum absolute atomic E-state index is 0.0806.